The van der Waals surface area contributed by atoms with Crippen LogP contribution in [0, 0.1) is 5.92 Å². The van der Waals surface area contributed by atoms with Crippen LogP contribution in [-0.4, -0.2) is 18.0 Å². The van der Waals surface area contributed by atoms with Gasteiger partial charge in [0.05, 0.1) is 0 Å². The highest BCUT2D eigenvalue weighted by molar-refractivity contribution is 5.88. The van der Waals surface area contributed by atoms with Gasteiger partial charge in [0.15, 0.2) is 0 Å². The van der Waals surface area contributed by atoms with Gasteiger partial charge in [-0.05, 0) is 12.3 Å². The first-order chi connectivity index (χ1) is 11.0. The lowest BCUT2D eigenvalue weighted by Crippen LogP contribution is -2.38. The summed E-state index contributed by atoms with van der Waals surface area (Å²) < 4.78 is 4.76. The largest absolute Gasteiger partial charge is 0.392 e. The van der Waals surface area contributed by atoms with Crippen LogP contribution in [0.2, 0.25) is 0 Å². The third-order valence-corrected chi connectivity index (χ3v) is 4.19. The smallest absolute Gasteiger partial charge is 0.330 e. The van der Waals surface area contributed by atoms with Crippen LogP contribution in [0.15, 0.2) is 0 Å². The van der Waals surface area contributed by atoms with Crippen LogP contribution < -0.4 is 5.73 Å². The Kier molecular flexibility index (Phi) is 14.1. The van der Waals surface area contributed by atoms with Crippen molar-refractivity contribution >= 4 is 11.9 Å². The third kappa shape index (κ3) is 13.3. The van der Waals surface area contributed by atoms with Crippen molar-refractivity contribution in [1.29, 1.82) is 0 Å². The van der Waals surface area contributed by atoms with E-state index in [1.165, 1.54) is 51.4 Å². The van der Waals surface area contributed by atoms with Crippen LogP contribution in [0.4, 0.5) is 0 Å². The number of unbranched alkanes of at least 4 members (excludes halogenated alkanes) is 10. The third-order valence-electron chi connectivity index (χ3n) is 4.19. The first-order valence-electron chi connectivity index (χ1n) is 9.49. The molecule has 4 nitrogen and oxygen atoms in total. The van der Waals surface area contributed by atoms with E-state index in [-0.39, 0.29) is 5.92 Å². The summed E-state index contributed by atoms with van der Waals surface area (Å²) in [6.45, 7) is 5.91. The van der Waals surface area contributed by atoms with E-state index in [2.05, 4.69) is 6.92 Å². The second kappa shape index (κ2) is 14.7. The SMILES string of the molecule is CCCCCCCCCCCCCC(=O)OC(=O)[C@H](N)C(C)C. The molecule has 0 rings (SSSR count). The lowest BCUT2D eigenvalue weighted by molar-refractivity contribution is -0.161. The predicted molar refractivity (Wildman–Crippen MR) is 95.0 cm³/mol. The van der Waals surface area contributed by atoms with Gasteiger partial charge in [-0.1, -0.05) is 85.0 Å². The molecule has 0 bridgehead atoms. The minimum atomic E-state index is -0.712. The Hall–Kier alpha value is -0.900. The quantitative estimate of drug-likeness (QED) is 0.284. The summed E-state index contributed by atoms with van der Waals surface area (Å²) in [6.07, 6.45) is 13.9. The van der Waals surface area contributed by atoms with E-state index < -0.39 is 18.0 Å². The lowest BCUT2D eigenvalue weighted by atomic mass is 10.1. The maximum atomic E-state index is 11.5. The Balaban J connectivity index is 3.41. The second-order valence-electron chi connectivity index (χ2n) is 6.85. The molecule has 4 heteroatoms. The first kappa shape index (κ1) is 22.1. The monoisotopic (exact) mass is 327 g/mol. The molecule has 0 amide bonds. The topological polar surface area (TPSA) is 69.4 Å². The van der Waals surface area contributed by atoms with Gasteiger partial charge in [0, 0.05) is 6.42 Å². The average molecular weight is 328 g/mol. The highest BCUT2D eigenvalue weighted by Crippen LogP contribution is 2.12. The van der Waals surface area contributed by atoms with Crippen molar-refractivity contribution in [2.75, 3.05) is 0 Å². The van der Waals surface area contributed by atoms with Crippen LogP contribution in [0.5, 0.6) is 0 Å². The Morgan fingerprint density at radius 3 is 1.70 bits per heavy atom. The molecule has 2 N–H and O–H groups in total. The second-order valence-corrected chi connectivity index (χ2v) is 6.85. The Morgan fingerprint density at radius 2 is 1.26 bits per heavy atom. The molecule has 0 spiro atoms. The molecule has 1 atom stereocenters. The molecule has 0 fully saturated rings. The summed E-state index contributed by atoms with van der Waals surface area (Å²) in [5.74, 6) is -1.06. The van der Waals surface area contributed by atoms with Crippen molar-refractivity contribution < 1.29 is 14.3 Å². The molecule has 0 aliphatic rings. The van der Waals surface area contributed by atoms with Gasteiger partial charge in [0.25, 0.3) is 0 Å². The van der Waals surface area contributed by atoms with Crippen LogP contribution >= 0.6 is 0 Å². The van der Waals surface area contributed by atoms with Crippen molar-refractivity contribution in [2.24, 2.45) is 11.7 Å². The number of hydrogen-bond acceptors (Lipinski definition) is 4. The molecule has 0 aliphatic heterocycles. The minimum Gasteiger partial charge on any atom is -0.392 e. The fraction of sp³-hybridized carbons (Fsp3) is 0.895. The number of carbonyl (C=O) groups is 2. The maximum absolute atomic E-state index is 11.5. The van der Waals surface area contributed by atoms with Crippen molar-refractivity contribution in [3.8, 4) is 0 Å². The van der Waals surface area contributed by atoms with E-state index in [0.29, 0.717) is 6.42 Å². The zero-order chi connectivity index (χ0) is 17.5. The van der Waals surface area contributed by atoms with Gasteiger partial charge >= 0.3 is 11.9 Å². The van der Waals surface area contributed by atoms with Crippen LogP contribution in [0.25, 0.3) is 0 Å². The highest BCUT2D eigenvalue weighted by Gasteiger charge is 2.21. The van der Waals surface area contributed by atoms with E-state index in [1.807, 2.05) is 13.8 Å². The summed E-state index contributed by atoms with van der Waals surface area (Å²) in [7, 11) is 0. The van der Waals surface area contributed by atoms with Gasteiger partial charge in [0.2, 0.25) is 0 Å². The fourth-order valence-electron chi connectivity index (χ4n) is 2.44. The van der Waals surface area contributed by atoms with E-state index in [9.17, 15) is 9.59 Å². The minimum absolute atomic E-state index is 0.0164. The molecule has 0 saturated heterocycles. The predicted octanol–water partition coefficient (Wildman–Crippen LogP) is 4.74. The molecule has 0 aliphatic carbocycles. The average Bonchev–Trinajstić information content (AvgIpc) is 2.51. The number of ether oxygens (including phenoxy) is 1. The molecule has 0 aromatic rings. The summed E-state index contributed by atoms with van der Waals surface area (Å²) in [5.41, 5.74) is 5.64. The molecule has 0 aromatic heterocycles. The maximum Gasteiger partial charge on any atom is 0.330 e. The standard InChI is InChI=1S/C19H37NO3/c1-4-5-6-7-8-9-10-11-12-13-14-15-17(21)23-19(22)18(20)16(2)3/h16,18H,4-15,20H2,1-3H3/t18-/m1/s1. The molecule has 0 heterocycles. The number of carbonyl (C=O) groups excluding carboxylic acids is 2. The normalized spacial score (nSPS) is 12.4. The number of nitrogens with two attached hydrogens (primary N) is 1. The highest BCUT2D eigenvalue weighted by atomic mass is 16.6. The van der Waals surface area contributed by atoms with Crippen LogP contribution in [-0.2, 0) is 14.3 Å². The van der Waals surface area contributed by atoms with E-state index in [0.717, 1.165) is 19.3 Å². The molecule has 0 aromatic carbocycles. The molecule has 0 radical (unpaired) electrons. The van der Waals surface area contributed by atoms with Gasteiger partial charge in [-0.2, -0.15) is 0 Å². The fourth-order valence-corrected chi connectivity index (χ4v) is 2.44. The zero-order valence-corrected chi connectivity index (χ0v) is 15.4. The van der Waals surface area contributed by atoms with E-state index in [4.69, 9.17) is 10.5 Å². The van der Waals surface area contributed by atoms with Crippen LogP contribution in [0.3, 0.4) is 0 Å². The van der Waals surface area contributed by atoms with Gasteiger partial charge in [0.1, 0.15) is 6.04 Å². The number of esters is 2. The van der Waals surface area contributed by atoms with Gasteiger partial charge in [-0.3, -0.25) is 4.79 Å². The van der Waals surface area contributed by atoms with Gasteiger partial charge in [-0.15, -0.1) is 0 Å². The molecule has 23 heavy (non-hydrogen) atoms. The van der Waals surface area contributed by atoms with Gasteiger partial charge in [-0.25, -0.2) is 4.79 Å². The van der Waals surface area contributed by atoms with Crippen molar-refractivity contribution in [3.63, 3.8) is 0 Å². The van der Waals surface area contributed by atoms with Crippen molar-refractivity contribution in [2.45, 2.75) is 104 Å². The number of rotatable bonds is 14. The summed E-state index contributed by atoms with van der Waals surface area (Å²) >= 11 is 0. The lowest BCUT2D eigenvalue weighted by Gasteiger charge is -2.13. The molecular formula is C19H37NO3. The van der Waals surface area contributed by atoms with E-state index >= 15 is 0 Å². The molecule has 0 saturated carbocycles. The van der Waals surface area contributed by atoms with Crippen LogP contribution in [0.1, 0.15) is 97.8 Å². The number of hydrogen-bond donors (Lipinski definition) is 1. The summed E-state index contributed by atoms with van der Waals surface area (Å²) in [5, 5.41) is 0. The van der Waals surface area contributed by atoms with E-state index in [1.54, 1.807) is 0 Å². The summed E-state index contributed by atoms with van der Waals surface area (Å²) in [6, 6.07) is -0.712. The summed E-state index contributed by atoms with van der Waals surface area (Å²) in [4.78, 5) is 23.1. The molecule has 0 unspecified atom stereocenters. The Labute approximate surface area is 142 Å². The molecule has 136 valence electrons. The van der Waals surface area contributed by atoms with Crippen molar-refractivity contribution in [3.05, 3.63) is 0 Å². The van der Waals surface area contributed by atoms with Crippen molar-refractivity contribution in [1.82, 2.24) is 0 Å². The Bertz CT molecular complexity index is 316. The molecular weight excluding hydrogens is 290 g/mol. The van der Waals surface area contributed by atoms with Gasteiger partial charge < -0.3 is 10.5 Å². The Morgan fingerprint density at radius 1 is 0.826 bits per heavy atom. The zero-order valence-electron chi connectivity index (χ0n) is 15.4. The first-order valence-corrected chi connectivity index (χ1v) is 9.49.